The summed E-state index contributed by atoms with van der Waals surface area (Å²) in [4.78, 5) is 18.5. The van der Waals surface area contributed by atoms with E-state index in [1.54, 1.807) is 0 Å². The first-order valence-corrected chi connectivity index (χ1v) is 13.0. The molecule has 0 N–H and O–H groups in total. The van der Waals surface area contributed by atoms with Crippen LogP contribution in [0.2, 0.25) is 0 Å². The highest BCUT2D eigenvalue weighted by molar-refractivity contribution is 5.79. The van der Waals surface area contributed by atoms with Crippen molar-refractivity contribution in [3.8, 4) is 0 Å². The lowest BCUT2D eigenvalue weighted by Crippen LogP contribution is -2.50. The second-order valence-corrected chi connectivity index (χ2v) is 10.1. The van der Waals surface area contributed by atoms with Crippen LogP contribution in [-0.4, -0.2) is 40.9 Å². The summed E-state index contributed by atoms with van der Waals surface area (Å²) in [5.41, 5.74) is 5.05. The second kappa shape index (κ2) is 10.1. The molecule has 0 aromatic heterocycles. The highest BCUT2D eigenvalue weighted by Gasteiger charge is 2.48. The van der Waals surface area contributed by atoms with Crippen LogP contribution in [0.4, 0.5) is 0 Å². The molecule has 6 rings (SSSR count). The third kappa shape index (κ3) is 4.47. The number of amides is 1. The number of carbonyl (C=O) groups excluding carboxylic acids is 1. The Hall–Kier alpha value is -3.69. The van der Waals surface area contributed by atoms with Gasteiger partial charge in [-0.15, -0.1) is 0 Å². The zero-order valence-electron chi connectivity index (χ0n) is 20.5. The van der Waals surface area contributed by atoms with Crippen LogP contribution in [-0.2, 0) is 4.79 Å². The highest BCUT2D eigenvalue weighted by atomic mass is 16.2. The molecule has 2 saturated heterocycles. The molecule has 2 fully saturated rings. The van der Waals surface area contributed by atoms with Gasteiger partial charge in [-0.1, -0.05) is 121 Å². The largest absolute Gasteiger partial charge is 0.337 e. The molecule has 0 radical (unpaired) electrons. The van der Waals surface area contributed by atoms with Crippen molar-refractivity contribution in [3.63, 3.8) is 0 Å². The summed E-state index contributed by atoms with van der Waals surface area (Å²) in [7, 11) is 0. The standard InChI is InChI=1S/C33H32N2O/c36-32(22-31(25-13-5-1-6-14-25)26-15-7-2-8-16-26)34-23-30-21-29(34)24-35(30)33(27-17-9-3-10-18-27)28-19-11-4-12-20-28/h1-20,29-31,33H,21-24H2/t29-,30-/m1/s1. The maximum Gasteiger partial charge on any atom is 0.223 e. The maximum absolute atomic E-state index is 13.7. The Kier molecular flexibility index (Phi) is 6.40. The zero-order valence-corrected chi connectivity index (χ0v) is 20.5. The predicted octanol–water partition coefficient (Wildman–Crippen LogP) is 6.28. The monoisotopic (exact) mass is 472 g/mol. The minimum absolute atomic E-state index is 0.0801. The van der Waals surface area contributed by atoms with Gasteiger partial charge in [0.15, 0.2) is 0 Å². The number of rotatable bonds is 7. The number of hydrogen-bond donors (Lipinski definition) is 0. The van der Waals surface area contributed by atoms with Crippen LogP contribution >= 0.6 is 0 Å². The van der Waals surface area contributed by atoms with Crippen LogP contribution in [0.5, 0.6) is 0 Å². The number of benzene rings is 4. The van der Waals surface area contributed by atoms with E-state index in [9.17, 15) is 4.79 Å². The molecular weight excluding hydrogens is 440 g/mol. The number of fused-ring (bicyclic) bond motifs is 2. The van der Waals surface area contributed by atoms with Gasteiger partial charge in [-0.3, -0.25) is 9.69 Å². The van der Waals surface area contributed by atoms with Crippen LogP contribution in [0.3, 0.4) is 0 Å². The Morgan fingerprint density at radius 3 is 1.47 bits per heavy atom. The van der Waals surface area contributed by atoms with E-state index in [0.29, 0.717) is 12.5 Å². The molecule has 2 bridgehead atoms. The van der Waals surface area contributed by atoms with Crippen LogP contribution in [0.25, 0.3) is 0 Å². The summed E-state index contributed by atoms with van der Waals surface area (Å²) in [6, 6.07) is 43.4. The fourth-order valence-corrected chi connectivity index (χ4v) is 6.26. The van der Waals surface area contributed by atoms with Crippen molar-refractivity contribution in [2.45, 2.75) is 36.9 Å². The molecule has 0 saturated carbocycles. The minimum atomic E-state index is 0.0801. The molecule has 0 unspecified atom stereocenters. The first-order chi connectivity index (χ1) is 17.8. The normalized spacial score (nSPS) is 19.3. The highest BCUT2D eigenvalue weighted by Crippen LogP contribution is 2.41. The van der Waals surface area contributed by atoms with Crippen LogP contribution in [0.1, 0.15) is 47.1 Å². The van der Waals surface area contributed by atoms with E-state index in [1.165, 1.54) is 22.3 Å². The van der Waals surface area contributed by atoms with Crippen molar-refractivity contribution < 1.29 is 4.79 Å². The quantitative estimate of drug-likeness (QED) is 0.316. The van der Waals surface area contributed by atoms with E-state index in [1.807, 2.05) is 12.1 Å². The first-order valence-electron chi connectivity index (χ1n) is 13.0. The van der Waals surface area contributed by atoms with Crippen molar-refractivity contribution in [2.24, 2.45) is 0 Å². The first kappa shape index (κ1) is 22.8. The van der Waals surface area contributed by atoms with Gasteiger partial charge in [-0.2, -0.15) is 0 Å². The van der Waals surface area contributed by atoms with Crippen LogP contribution in [0, 0.1) is 0 Å². The van der Waals surface area contributed by atoms with Gasteiger partial charge < -0.3 is 4.90 Å². The SMILES string of the molecule is O=C(CC(c1ccccc1)c1ccccc1)N1C[C@H]2C[C@@H]1CN2C(c1ccccc1)c1ccccc1. The molecule has 0 spiro atoms. The minimum Gasteiger partial charge on any atom is -0.337 e. The molecule has 3 nitrogen and oxygen atoms in total. The average molecular weight is 473 g/mol. The van der Waals surface area contributed by atoms with Gasteiger partial charge in [0.05, 0.1) is 6.04 Å². The number of carbonyl (C=O) groups is 1. The Balaban J connectivity index is 1.21. The summed E-state index contributed by atoms with van der Waals surface area (Å²) in [5.74, 6) is 0.354. The van der Waals surface area contributed by atoms with Crippen molar-refractivity contribution in [3.05, 3.63) is 144 Å². The van der Waals surface area contributed by atoms with Gasteiger partial charge in [-0.05, 0) is 28.7 Å². The maximum atomic E-state index is 13.7. The Bertz CT molecular complexity index is 1200. The Morgan fingerprint density at radius 2 is 1.06 bits per heavy atom. The molecule has 2 aliphatic rings. The lowest BCUT2D eigenvalue weighted by atomic mass is 9.88. The van der Waals surface area contributed by atoms with E-state index in [2.05, 4.69) is 119 Å². The van der Waals surface area contributed by atoms with E-state index >= 15 is 0 Å². The summed E-state index contributed by atoms with van der Waals surface area (Å²) in [6.07, 6.45) is 1.57. The summed E-state index contributed by atoms with van der Waals surface area (Å²) >= 11 is 0. The molecule has 4 aromatic carbocycles. The molecule has 1 amide bonds. The van der Waals surface area contributed by atoms with Gasteiger partial charge in [0.2, 0.25) is 5.91 Å². The third-order valence-corrected chi connectivity index (χ3v) is 7.95. The van der Waals surface area contributed by atoms with Gasteiger partial charge in [0, 0.05) is 37.5 Å². The molecule has 180 valence electrons. The summed E-state index contributed by atoms with van der Waals surface area (Å²) in [6.45, 7) is 1.74. The van der Waals surface area contributed by atoms with Gasteiger partial charge in [0.1, 0.15) is 0 Å². The van der Waals surface area contributed by atoms with Crippen molar-refractivity contribution >= 4 is 5.91 Å². The predicted molar refractivity (Wildman–Crippen MR) is 145 cm³/mol. The summed E-state index contributed by atoms with van der Waals surface area (Å²) < 4.78 is 0. The molecule has 4 aromatic rings. The van der Waals surface area contributed by atoms with Gasteiger partial charge in [0.25, 0.3) is 0 Å². The molecule has 2 aliphatic heterocycles. The number of hydrogen-bond acceptors (Lipinski definition) is 2. The van der Waals surface area contributed by atoms with Gasteiger partial charge in [-0.25, -0.2) is 0 Å². The molecular formula is C33H32N2O. The fourth-order valence-electron chi connectivity index (χ4n) is 6.26. The van der Waals surface area contributed by atoms with Crippen molar-refractivity contribution in [1.29, 1.82) is 0 Å². The smallest absolute Gasteiger partial charge is 0.223 e. The zero-order chi connectivity index (χ0) is 24.3. The van der Waals surface area contributed by atoms with E-state index in [0.717, 1.165) is 19.5 Å². The topological polar surface area (TPSA) is 23.6 Å². The van der Waals surface area contributed by atoms with Gasteiger partial charge >= 0.3 is 0 Å². The molecule has 2 heterocycles. The molecule has 36 heavy (non-hydrogen) atoms. The summed E-state index contributed by atoms with van der Waals surface area (Å²) in [5, 5.41) is 0. The number of piperazine rings is 1. The number of likely N-dealkylation sites (tertiary alicyclic amines) is 2. The fraction of sp³-hybridized carbons (Fsp3) is 0.242. The Labute approximate surface area is 214 Å². The molecule has 0 aliphatic carbocycles. The lowest BCUT2D eigenvalue weighted by molar-refractivity contribution is -0.134. The van der Waals surface area contributed by atoms with E-state index in [-0.39, 0.29) is 23.9 Å². The van der Waals surface area contributed by atoms with Crippen LogP contribution in [0.15, 0.2) is 121 Å². The van der Waals surface area contributed by atoms with E-state index in [4.69, 9.17) is 0 Å². The molecule has 3 heteroatoms. The average Bonchev–Trinajstić information content (AvgIpc) is 3.55. The van der Waals surface area contributed by atoms with Crippen molar-refractivity contribution in [1.82, 2.24) is 9.80 Å². The van der Waals surface area contributed by atoms with Crippen molar-refractivity contribution in [2.75, 3.05) is 13.1 Å². The number of nitrogens with zero attached hydrogens (tertiary/aromatic N) is 2. The van der Waals surface area contributed by atoms with E-state index < -0.39 is 0 Å². The second-order valence-electron chi connectivity index (χ2n) is 10.1. The third-order valence-electron chi connectivity index (χ3n) is 7.95. The molecule has 2 atom stereocenters. The lowest BCUT2D eigenvalue weighted by Gasteiger charge is -2.40. The van der Waals surface area contributed by atoms with Crippen LogP contribution < -0.4 is 0 Å². The Morgan fingerprint density at radius 1 is 0.611 bits per heavy atom.